The predicted octanol–water partition coefficient (Wildman–Crippen LogP) is 0.307. The molecule has 0 aromatic heterocycles. The molecule has 0 aliphatic rings. The first-order valence-electron chi connectivity index (χ1n) is 3.75. The number of nitrogens with two attached hydrogens (primary N) is 1. The molecule has 0 bridgehead atoms. The van der Waals surface area contributed by atoms with E-state index in [1.807, 2.05) is 7.05 Å². The van der Waals surface area contributed by atoms with Gasteiger partial charge in [0.2, 0.25) is 0 Å². The fourth-order valence-corrected chi connectivity index (χ4v) is 0.854. The summed E-state index contributed by atoms with van der Waals surface area (Å²) in [4.78, 5) is 0. The number of nitrogens with one attached hydrogen (secondary N) is 1. The van der Waals surface area contributed by atoms with Gasteiger partial charge in [0, 0.05) is 7.11 Å². The first-order valence-corrected chi connectivity index (χ1v) is 3.75. The highest BCUT2D eigenvalue weighted by molar-refractivity contribution is 4.51. The number of methoxy groups -OCH3 is 1. The van der Waals surface area contributed by atoms with Gasteiger partial charge in [0.15, 0.2) is 0 Å². The number of hydrogen-bond donors (Lipinski definition) is 2. The van der Waals surface area contributed by atoms with Gasteiger partial charge in [-0.15, -0.1) is 0 Å². The van der Waals surface area contributed by atoms with Gasteiger partial charge in [-0.05, 0) is 32.9 Å². The van der Waals surface area contributed by atoms with Crippen LogP contribution in [0.1, 0.15) is 19.3 Å². The normalized spacial score (nSPS) is 13.5. The van der Waals surface area contributed by atoms with E-state index in [2.05, 4.69) is 5.32 Å². The van der Waals surface area contributed by atoms with Crippen LogP contribution in [0.2, 0.25) is 0 Å². The molecule has 0 aliphatic carbocycles. The molecule has 0 aliphatic heterocycles. The van der Waals surface area contributed by atoms with E-state index in [0.717, 1.165) is 25.8 Å². The topological polar surface area (TPSA) is 47.3 Å². The van der Waals surface area contributed by atoms with E-state index < -0.39 is 0 Å². The lowest BCUT2D eigenvalue weighted by atomic mass is 10.2. The number of unbranched alkanes of at least 4 members (excludes halogenated alkanes) is 1. The van der Waals surface area contributed by atoms with Gasteiger partial charge in [-0.25, -0.2) is 0 Å². The van der Waals surface area contributed by atoms with Gasteiger partial charge in [-0.3, -0.25) is 5.32 Å². The Morgan fingerprint density at radius 2 is 2.20 bits per heavy atom. The summed E-state index contributed by atoms with van der Waals surface area (Å²) in [6.45, 7) is 0.778. The van der Waals surface area contributed by atoms with Crippen LogP contribution in [-0.4, -0.2) is 26.9 Å². The minimum Gasteiger partial charge on any atom is -0.367 e. The van der Waals surface area contributed by atoms with Gasteiger partial charge in [0.25, 0.3) is 0 Å². The smallest absolute Gasteiger partial charge is 0.107 e. The zero-order valence-corrected chi connectivity index (χ0v) is 6.89. The average molecular weight is 146 g/mol. The maximum Gasteiger partial charge on any atom is 0.107 e. The van der Waals surface area contributed by atoms with Crippen LogP contribution in [0.3, 0.4) is 0 Å². The third-order valence-corrected chi connectivity index (χ3v) is 1.53. The van der Waals surface area contributed by atoms with Crippen LogP contribution in [0.4, 0.5) is 0 Å². The Kier molecular flexibility index (Phi) is 6.91. The lowest BCUT2D eigenvalue weighted by Gasteiger charge is -2.12. The molecule has 3 nitrogen and oxygen atoms in total. The maximum absolute atomic E-state index is 5.34. The molecule has 0 radical (unpaired) electrons. The molecule has 0 fully saturated rings. The molecule has 0 spiro atoms. The van der Waals surface area contributed by atoms with Gasteiger partial charge in [-0.1, -0.05) is 0 Å². The molecule has 62 valence electrons. The summed E-state index contributed by atoms with van der Waals surface area (Å²) in [6.07, 6.45) is 3.47. The first-order chi connectivity index (χ1) is 4.85. The maximum atomic E-state index is 5.34. The van der Waals surface area contributed by atoms with E-state index in [4.69, 9.17) is 10.5 Å². The largest absolute Gasteiger partial charge is 0.367 e. The van der Waals surface area contributed by atoms with Crippen molar-refractivity contribution < 1.29 is 4.74 Å². The SMILES string of the molecule is CNC(CCCCN)OC. The van der Waals surface area contributed by atoms with Crippen LogP contribution < -0.4 is 11.1 Å². The predicted molar refractivity (Wildman–Crippen MR) is 42.8 cm³/mol. The van der Waals surface area contributed by atoms with Crippen molar-refractivity contribution in [2.75, 3.05) is 20.7 Å². The molecular weight excluding hydrogens is 128 g/mol. The van der Waals surface area contributed by atoms with Crippen LogP contribution in [0, 0.1) is 0 Å². The van der Waals surface area contributed by atoms with E-state index in [1.165, 1.54) is 0 Å². The Bertz CT molecular complexity index is 64.6. The Balaban J connectivity index is 3.09. The van der Waals surface area contributed by atoms with Crippen LogP contribution in [0.15, 0.2) is 0 Å². The van der Waals surface area contributed by atoms with E-state index >= 15 is 0 Å². The Hall–Kier alpha value is -0.120. The zero-order valence-electron chi connectivity index (χ0n) is 6.89. The Morgan fingerprint density at radius 3 is 2.60 bits per heavy atom. The number of ether oxygens (including phenoxy) is 1. The molecule has 1 atom stereocenters. The quantitative estimate of drug-likeness (QED) is 0.419. The molecule has 0 rings (SSSR count). The summed E-state index contributed by atoms with van der Waals surface area (Å²) in [5.41, 5.74) is 5.34. The highest BCUT2D eigenvalue weighted by atomic mass is 16.5. The number of hydrogen-bond acceptors (Lipinski definition) is 3. The summed E-state index contributed by atoms with van der Waals surface area (Å²) in [5, 5.41) is 3.05. The highest BCUT2D eigenvalue weighted by Crippen LogP contribution is 1.99. The standard InChI is InChI=1S/C7H18N2O/c1-9-7(10-2)5-3-4-6-8/h7,9H,3-6,8H2,1-2H3. The molecule has 3 N–H and O–H groups in total. The van der Waals surface area contributed by atoms with Gasteiger partial charge in [0.05, 0.1) is 0 Å². The molecule has 0 aromatic carbocycles. The van der Waals surface area contributed by atoms with E-state index in [1.54, 1.807) is 7.11 Å². The second kappa shape index (κ2) is 6.99. The fraction of sp³-hybridized carbons (Fsp3) is 1.00. The minimum absolute atomic E-state index is 0.201. The third-order valence-electron chi connectivity index (χ3n) is 1.53. The van der Waals surface area contributed by atoms with Gasteiger partial charge >= 0.3 is 0 Å². The molecule has 0 amide bonds. The molecule has 0 aromatic rings. The van der Waals surface area contributed by atoms with E-state index in [0.29, 0.717) is 0 Å². The fourth-order valence-electron chi connectivity index (χ4n) is 0.854. The zero-order chi connectivity index (χ0) is 7.82. The molecule has 0 saturated heterocycles. The monoisotopic (exact) mass is 146 g/mol. The van der Waals surface area contributed by atoms with Crippen molar-refractivity contribution in [3.05, 3.63) is 0 Å². The summed E-state index contributed by atoms with van der Waals surface area (Å²) >= 11 is 0. The Labute approximate surface area is 62.9 Å². The molecular formula is C7H18N2O. The molecule has 3 heteroatoms. The molecule has 10 heavy (non-hydrogen) atoms. The molecule has 0 saturated carbocycles. The van der Waals surface area contributed by atoms with Gasteiger partial charge < -0.3 is 10.5 Å². The highest BCUT2D eigenvalue weighted by Gasteiger charge is 2.00. The first kappa shape index (κ1) is 9.88. The van der Waals surface area contributed by atoms with Crippen LogP contribution in [-0.2, 0) is 4.74 Å². The minimum atomic E-state index is 0.201. The van der Waals surface area contributed by atoms with Crippen molar-refractivity contribution in [1.29, 1.82) is 0 Å². The van der Waals surface area contributed by atoms with Crippen molar-refractivity contribution >= 4 is 0 Å². The summed E-state index contributed by atoms with van der Waals surface area (Å²) in [6, 6.07) is 0. The van der Waals surface area contributed by atoms with Crippen molar-refractivity contribution in [3.8, 4) is 0 Å². The van der Waals surface area contributed by atoms with E-state index in [-0.39, 0.29) is 6.23 Å². The molecule has 1 unspecified atom stereocenters. The van der Waals surface area contributed by atoms with Crippen LogP contribution >= 0.6 is 0 Å². The van der Waals surface area contributed by atoms with E-state index in [9.17, 15) is 0 Å². The summed E-state index contributed by atoms with van der Waals surface area (Å²) in [7, 11) is 3.61. The average Bonchev–Trinajstić information content (AvgIpc) is 1.99. The van der Waals surface area contributed by atoms with Gasteiger partial charge in [-0.2, -0.15) is 0 Å². The van der Waals surface area contributed by atoms with Crippen LogP contribution in [0.5, 0.6) is 0 Å². The number of rotatable bonds is 6. The van der Waals surface area contributed by atoms with Crippen molar-refractivity contribution in [2.45, 2.75) is 25.5 Å². The molecule has 0 heterocycles. The van der Waals surface area contributed by atoms with Crippen molar-refractivity contribution in [3.63, 3.8) is 0 Å². The second-order valence-electron chi connectivity index (χ2n) is 2.30. The van der Waals surface area contributed by atoms with Crippen LogP contribution in [0.25, 0.3) is 0 Å². The van der Waals surface area contributed by atoms with Crippen molar-refractivity contribution in [2.24, 2.45) is 5.73 Å². The lowest BCUT2D eigenvalue weighted by molar-refractivity contribution is 0.0717. The summed E-state index contributed by atoms with van der Waals surface area (Å²) < 4.78 is 5.09. The lowest BCUT2D eigenvalue weighted by Crippen LogP contribution is -2.26. The second-order valence-corrected chi connectivity index (χ2v) is 2.30. The third kappa shape index (κ3) is 4.73. The summed E-state index contributed by atoms with van der Waals surface area (Å²) in [5.74, 6) is 0. The van der Waals surface area contributed by atoms with Crippen molar-refractivity contribution in [1.82, 2.24) is 5.32 Å². The van der Waals surface area contributed by atoms with Gasteiger partial charge in [0.1, 0.15) is 6.23 Å². The Morgan fingerprint density at radius 1 is 1.50 bits per heavy atom.